The molecule has 1 amide bonds. The quantitative estimate of drug-likeness (QED) is 0.800. The first kappa shape index (κ1) is 16.1. The van der Waals surface area contributed by atoms with Crippen molar-refractivity contribution < 1.29 is 9.53 Å². The molecule has 1 aliphatic heterocycles. The summed E-state index contributed by atoms with van der Waals surface area (Å²) in [6.07, 6.45) is 3.95. The summed E-state index contributed by atoms with van der Waals surface area (Å²) in [4.78, 5) is 20.5. The van der Waals surface area contributed by atoms with Crippen LogP contribution in [0.5, 0.6) is 0 Å². The number of amides is 1. The highest BCUT2D eigenvalue weighted by Crippen LogP contribution is 2.30. The molecule has 6 heteroatoms. The Kier molecular flexibility index (Phi) is 4.76. The molecule has 21 heavy (non-hydrogen) atoms. The minimum atomic E-state index is -0.424. The number of hydrogen-bond donors (Lipinski definition) is 0. The van der Waals surface area contributed by atoms with Crippen molar-refractivity contribution in [1.82, 2.24) is 9.47 Å². The number of aryl methyl sites for hydroxylation is 1. The Hall–Kier alpha value is -1.30. The molecule has 0 N–H and O–H groups in total. The van der Waals surface area contributed by atoms with Gasteiger partial charge in [0.25, 0.3) is 0 Å². The van der Waals surface area contributed by atoms with Gasteiger partial charge in [0.1, 0.15) is 5.60 Å². The van der Waals surface area contributed by atoms with E-state index in [2.05, 4.69) is 15.8 Å². The topological polar surface area (TPSA) is 46.8 Å². The van der Waals surface area contributed by atoms with E-state index >= 15 is 0 Å². The van der Waals surface area contributed by atoms with Gasteiger partial charge in [0, 0.05) is 38.3 Å². The van der Waals surface area contributed by atoms with Crippen molar-refractivity contribution in [2.24, 2.45) is 12.0 Å². The molecule has 1 aromatic heterocycles. The lowest BCUT2D eigenvalue weighted by Crippen LogP contribution is -2.41. The minimum Gasteiger partial charge on any atom is -0.444 e. The summed E-state index contributed by atoms with van der Waals surface area (Å²) in [5.41, 5.74) is -0.424. The van der Waals surface area contributed by atoms with Crippen molar-refractivity contribution in [1.29, 1.82) is 0 Å². The highest BCUT2D eigenvalue weighted by molar-refractivity contribution is 7.09. The van der Waals surface area contributed by atoms with Crippen molar-refractivity contribution in [2.75, 3.05) is 20.1 Å². The number of ether oxygens (including phenoxy) is 1. The van der Waals surface area contributed by atoms with Gasteiger partial charge in [-0.25, -0.2) is 4.79 Å². The molecule has 0 saturated carbocycles. The van der Waals surface area contributed by atoms with Crippen molar-refractivity contribution in [3.63, 3.8) is 0 Å². The van der Waals surface area contributed by atoms with Crippen LogP contribution in [-0.4, -0.2) is 41.3 Å². The number of carbonyl (C=O) groups excluding carboxylic acids is 1. The molecule has 0 radical (unpaired) electrons. The second-order valence-electron chi connectivity index (χ2n) is 6.49. The van der Waals surface area contributed by atoms with Gasteiger partial charge in [-0.1, -0.05) is 0 Å². The average Bonchev–Trinajstić information content (AvgIpc) is 2.78. The minimum absolute atomic E-state index is 0.193. The van der Waals surface area contributed by atoms with Crippen LogP contribution >= 0.6 is 11.3 Å². The predicted molar refractivity (Wildman–Crippen MR) is 84.6 cm³/mol. The van der Waals surface area contributed by atoms with Gasteiger partial charge in [-0.2, -0.15) is 0 Å². The van der Waals surface area contributed by atoms with E-state index in [-0.39, 0.29) is 6.09 Å². The Balaban J connectivity index is 1.95. The maximum Gasteiger partial charge on any atom is 0.410 e. The maximum atomic E-state index is 12.0. The normalized spacial score (nSPS) is 18.1. The maximum absolute atomic E-state index is 12.0. The van der Waals surface area contributed by atoms with Crippen molar-refractivity contribution >= 4 is 17.4 Å². The van der Waals surface area contributed by atoms with Crippen LogP contribution in [0.2, 0.25) is 0 Å². The second kappa shape index (κ2) is 6.22. The fourth-order valence-electron chi connectivity index (χ4n) is 2.52. The zero-order chi connectivity index (χ0) is 15.6. The molecule has 0 bridgehead atoms. The molecule has 0 aliphatic carbocycles. The van der Waals surface area contributed by atoms with E-state index in [9.17, 15) is 4.79 Å². The van der Waals surface area contributed by atoms with Gasteiger partial charge in [-0.05, 0) is 39.5 Å². The lowest BCUT2D eigenvalue weighted by Gasteiger charge is -2.33. The predicted octanol–water partition coefficient (Wildman–Crippen LogP) is 2.73. The fourth-order valence-corrected chi connectivity index (χ4v) is 3.63. The smallest absolute Gasteiger partial charge is 0.410 e. The molecule has 5 nitrogen and oxygen atoms in total. The summed E-state index contributed by atoms with van der Waals surface area (Å²) < 4.78 is 7.50. The first-order valence-electron chi connectivity index (χ1n) is 7.37. The molecular weight excluding hydrogens is 286 g/mol. The summed E-state index contributed by atoms with van der Waals surface area (Å²) in [5.74, 6) is 0.524. The molecule has 1 aromatic rings. The lowest BCUT2D eigenvalue weighted by molar-refractivity contribution is 0.0205. The molecule has 118 valence electrons. The average molecular weight is 311 g/mol. The van der Waals surface area contributed by atoms with E-state index in [1.54, 1.807) is 11.3 Å². The Labute approximate surface area is 130 Å². The van der Waals surface area contributed by atoms with Gasteiger partial charge < -0.3 is 14.2 Å². The summed E-state index contributed by atoms with van der Waals surface area (Å²) in [6, 6.07) is 0. The first-order chi connectivity index (χ1) is 9.80. The molecule has 2 heterocycles. The summed E-state index contributed by atoms with van der Waals surface area (Å²) in [5, 5.41) is 0. The number of nitrogens with zero attached hydrogens (tertiary/aromatic N) is 3. The Morgan fingerprint density at radius 2 is 2.00 bits per heavy atom. The van der Waals surface area contributed by atoms with Gasteiger partial charge in [-0.15, -0.1) is 11.3 Å². The van der Waals surface area contributed by atoms with E-state index in [0.717, 1.165) is 30.7 Å². The standard InChI is InChI=1S/C15H25N3O2S/c1-15(2,3)20-14(19)18-8-6-11(7-9-18)12-10-17(5)13(16-4)21-12/h10-11H,6-9H2,1-5H3/b16-13-. The van der Waals surface area contributed by atoms with Crippen molar-refractivity contribution in [2.45, 2.75) is 45.1 Å². The van der Waals surface area contributed by atoms with Crippen LogP contribution in [0, 0.1) is 0 Å². The van der Waals surface area contributed by atoms with Crippen LogP contribution in [0.25, 0.3) is 0 Å². The van der Waals surface area contributed by atoms with E-state index in [1.807, 2.05) is 39.8 Å². The Bertz CT molecular complexity index is 560. The van der Waals surface area contributed by atoms with Crippen LogP contribution in [-0.2, 0) is 11.8 Å². The van der Waals surface area contributed by atoms with E-state index < -0.39 is 5.60 Å². The highest BCUT2D eigenvalue weighted by Gasteiger charge is 2.28. The van der Waals surface area contributed by atoms with Crippen molar-refractivity contribution in [3.8, 4) is 0 Å². The van der Waals surface area contributed by atoms with E-state index in [1.165, 1.54) is 4.88 Å². The monoisotopic (exact) mass is 311 g/mol. The number of likely N-dealkylation sites (tertiary alicyclic amines) is 1. The van der Waals surface area contributed by atoms with Gasteiger partial charge in [0.2, 0.25) is 0 Å². The van der Waals surface area contributed by atoms with Crippen LogP contribution in [0.4, 0.5) is 4.79 Å². The molecule has 0 aromatic carbocycles. The van der Waals surface area contributed by atoms with Gasteiger partial charge in [0.05, 0.1) is 0 Å². The SMILES string of the molecule is C/N=c1\sc(C2CCN(C(=O)OC(C)(C)C)CC2)cn1C. The number of hydrogen-bond acceptors (Lipinski definition) is 4. The van der Waals surface area contributed by atoms with Crippen LogP contribution in [0.3, 0.4) is 0 Å². The highest BCUT2D eigenvalue weighted by atomic mass is 32.1. The lowest BCUT2D eigenvalue weighted by atomic mass is 9.96. The molecule has 2 rings (SSSR count). The number of carbonyl (C=O) groups is 1. The fraction of sp³-hybridized carbons (Fsp3) is 0.733. The third-order valence-corrected chi connectivity index (χ3v) is 4.90. The van der Waals surface area contributed by atoms with Crippen molar-refractivity contribution in [3.05, 3.63) is 15.9 Å². The molecule has 0 spiro atoms. The summed E-state index contributed by atoms with van der Waals surface area (Å²) in [6.45, 7) is 7.23. The molecule has 1 fully saturated rings. The van der Waals surface area contributed by atoms with Crippen LogP contribution in [0.1, 0.15) is 44.4 Å². The van der Waals surface area contributed by atoms with E-state index in [0.29, 0.717) is 5.92 Å². The number of piperidine rings is 1. The Morgan fingerprint density at radius 1 is 1.38 bits per heavy atom. The third kappa shape index (κ3) is 4.09. The number of aromatic nitrogens is 1. The van der Waals surface area contributed by atoms with Gasteiger partial charge in [-0.3, -0.25) is 4.99 Å². The number of rotatable bonds is 1. The molecule has 0 unspecified atom stereocenters. The van der Waals surface area contributed by atoms with Crippen LogP contribution < -0.4 is 4.80 Å². The van der Waals surface area contributed by atoms with Gasteiger partial charge >= 0.3 is 6.09 Å². The summed E-state index contributed by atoms with van der Waals surface area (Å²) >= 11 is 1.75. The zero-order valence-corrected chi connectivity index (χ0v) is 14.4. The first-order valence-corrected chi connectivity index (χ1v) is 8.19. The van der Waals surface area contributed by atoms with E-state index in [4.69, 9.17) is 4.74 Å². The summed E-state index contributed by atoms with van der Waals surface area (Å²) in [7, 11) is 3.85. The second-order valence-corrected chi connectivity index (χ2v) is 7.53. The van der Waals surface area contributed by atoms with Crippen LogP contribution in [0.15, 0.2) is 11.2 Å². The molecule has 1 saturated heterocycles. The molecule has 1 aliphatic rings. The van der Waals surface area contributed by atoms with Gasteiger partial charge in [0.15, 0.2) is 4.80 Å². The zero-order valence-electron chi connectivity index (χ0n) is 13.5. The Morgan fingerprint density at radius 3 is 2.48 bits per heavy atom. The molecular formula is C15H25N3O2S. The third-order valence-electron chi connectivity index (χ3n) is 3.57. The largest absolute Gasteiger partial charge is 0.444 e. The molecule has 0 atom stereocenters. The number of thiazole rings is 1.